The smallest absolute Gasteiger partial charge is 0.329 e. The second-order valence-electron chi connectivity index (χ2n) is 7.81. The summed E-state index contributed by atoms with van der Waals surface area (Å²) in [5.74, 6) is -1.54. The van der Waals surface area contributed by atoms with Crippen LogP contribution < -0.4 is 20.8 Å². The highest BCUT2D eigenvalue weighted by molar-refractivity contribution is 6.39. The molecule has 0 aliphatic heterocycles. The molecule has 3 aromatic rings. The fourth-order valence-electron chi connectivity index (χ4n) is 3.20. The largest absolute Gasteiger partial charge is 0.484 e. The van der Waals surface area contributed by atoms with Crippen molar-refractivity contribution in [2.45, 2.75) is 20.8 Å². The fraction of sp³-hybridized carbons (Fsp3) is 0.154. The Morgan fingerprint density at radius 3 is 2.24 bits per heavy atom. The highest BCUT2D eigenvalue weighted by atomic mass is 16.5. The summed E-state index contributed by atoms with van der Waals surface area (Å²) in [6.07, 6.45) is 1.38. The molecule has 0 aliphatic carbocycles. The summed E-state index contributed by atoms with van der Waals surface area (Å²) >= 11 is 0. The second kappa shape index (κ2) is 11.4. The molecule has 0 atom stereocenters. The predicted octanol–water partition coefficient (Wildman–Crippen LogP) is 3.72. The van der Waals surface area contributed by atoms with Gasteiger partial charge in [0.2, 0.25) is 0 Å². The SMILES string of the molecule is Cc1cc(C)cc(NC(=O)COc2cccc(/C=N\NC(=O)C(=O)Nc3cccc(C)c3)c2)c1. The van der Waals surface area contributed by atoms with Gasteiger partial charge in [-0.2, -0.15) is 5.10 Å². The number of hydrogen-bond acceptors (Lipinski definition) is 5. The van der Waals surface area contributed by atoms with Crippen LogP contribution in [0.15, 0.2) is 71.8 Å². The Bertz CT molecular complexity index is 1220. The number of anilines is 2. The molecule has 0 fully saturated rings. The van der Waals surface area contributed by atoms with Crippen molar-refractivity contribution in [3.05, 3.63) is 89.0 Å². The lowest BCUT2D eigenvalue weighted by atomic mass is 10.1. The van der Waals surface area contributed by atoms with E-state index < -0.39 is 11.8 Å². The van der Waals surface area contributed by atoms with Crippen LogP contribution in [0.25, 0.3) is 0 Å². The van der Waals surface area contributed by atoms with Crippen molar-refractivity contribution >= 4 is 35.3 Å². The lowest BCUT2D eigenvalue weighted by Gasteiger charge is -2.09. The number of hydrazone groups is 1. The van der Waals surface area contributed by atoms with E-state index in [9.17, 15) is 14.4 Å². The van der Waals surface area contributed by atoms with Gasteiger partial charge in [-0.25, -0.2) is 5.43 Å². The summed E-state index contributed by atoms with van der Waals surface area (Å²) in [7, 11) is 0. The molecule has 0 bridgehead atoms. The van der Waals surface area contributed by atoms with E-state index in [4.69, 9.17) is 4.74 Å². The van der Waals surface area contributed by atoms with Crippen LogP contribution in [0.2, 0.25) is 0 Å². The molecule has 34 heavy (non-hydrogen) atoms. The molecule has 3 amide bonds. The zero-order valence-corrected chi connectivity index (χ0v) is 19.2. The number of carbonyl (C=O) groups excluding carboxylic acids is 3. The first-order valence-corrected chi connectivity index (χ1v) is 10.6. The van der Waals surface area contributed by atoms with E-state index >= 15 is 0 Å². The van der Waals surface area contributed by atoms with Gasteiger partial charge in [0.1, 0.15) is 5.75 Å². The number of nitrogens with one attached hydrogen (secondary N) is 3. The lowest BCUT2D eigenvalue weighted by Crippen LogP contribution is -2.32. The van der Waals surface area contributed by atoms with Gasteiger partial charge in [0.05, 0.1) is 6.21 Å². The lowest BCUT2D eigenvalue weighted by molar-refractivity contribution is -0.136. The summed E-state index contributed by atoms with van der Waals surface area (Å²) in [4.78, 5) is 36.1. The Morgan fingerprint density at radius 2 is 1.50 bits per heavy atom. The minimum absolute atomic E-state index is 0.163. The summed E-state index contributed by atoms with van der Waals surface area (Å²) in [5.41, 5.74) is 7.12. The van der Waals surface area contributed by atoms with Gasteiger partial charge < -0.3 is 15.4 Å². The number of amides is 3. The van der Waals surface area contributed by atoms with Crippen LogP contribution in [-0.2, 0) is 14.4 Å². The van der Waals surface area contributed by atoms with Crippen molar-refractivity contribution in [1.82, 2.24) is 5.43 Å². The number of carbonyl (C=O) groups is 3. The second-order valence-corrected chi connectivity index (χ2v) is 7.81. The molecular weight excluding hydrogens is 432 g/mol. The Labute approximate surface area is 198 Å². The van der Waals surface area contributed by atoms with Crippen molar-refractivity contribution in [1.29, 1.82) is 0 Å². The summed E-state index contributed by atoms with van der Waals surface area (Å²) in [6.45, 7) is 5.65. The Balaban J connectivity index is 1.49. The number of ether oxygens (including phenoxy) is 1. The summed E-state index contributed by atoms with van der Waals surface area (Å²) in [6, 6.07) is 19.7. The Kier molecular flexibility index (Phi) is 8.12. The van der Waals surface area contributed by atoms with Gasteiger partial charge in [0.25, 0.3) is 5.91 Å². The molecule has 0 spiro atoms. The molecule has 0 saturated carbocycles. The molecule has 0 heterocycles. The monoisotopic (exact) mass is 458 g/mol. The molecule has 8 nitrogen and oxygen atoms in total. The van der Waals surface area contributed by atoms with E-state index in [2.05, 4.69) is 21.2 Å². The molecule has 0 saturated heterocycles. The third kappa shape index (κ3) is 7.59. The molecule has 0 radical (unpaired) electrons. The highest BCUT2D eigenvalue weighted by Crippen LogP contribution is 2.15. The minimum Gasteiger partial charge on any atom is -0.484 e. The number of hydrogen-bond donors (Lipinski definition) is 3. The van der Waals surface area contributed by atoms with Crippen LogP contribution in [0, 0.1) is 20.8 Å². The maximum atomic E-state index is 12.2. The molecule has 3 N–H and O–H groups in total. The molecule has 0 unspecified atom stereocenters. The Morgan fingerprint density at radius 1 is 0.794 bits per heavy atom. The maximum Gasteiger partial charge on any atom is 0.329 e. The number of nitrogens with zero attached hydrogens (tertiary/aromatic N) is 1. The van der Waals surface area contributed by atoms with E-state index in [1.54, 1.807) is 42.5 Å². The van der Waals surface area contributed by atoms with Gasteiger partial charge in [0, 0.05) is 11.4 Å². The van der Waals surface area contributed by atoms with Crippen molar-refractivity contribution < 1.29 is 19.1 Å². The van der Waals surface area contributed by atoms with Crippen LogP contribution in [0.4, 0.5) is 11.4 Å². The summed E-state index contributed by atoms with van der Waals surface area (Å²) < 4.78 is 5.56. The van der Waals surface area contributed by atoms with Crippen molar-refractivity contribution in [3.63, 3.8) is 0 Å². The molecule has 3 rings (SSSR count). The quantitative estimate of drug-likeness (QED) is 0.285. The van der Waals surface area contributed by atoms with E-state index in [0.717, 1.165) is 16.7 Å². The first-order valence-electron chi connectivity index (χ1n) is 10.6. The maximum absolute atomic E-state index is 12.2. The molecule has 174 valence electrons. The summed E-state index contributed by atoms with van der Waals surface area (Å²) in [5, 5.41) is 9.13. The molecule has 3 aromatic carbocycles. The third-order valence-corrected chi connectivity index (χ3v) is 4.60. The van der Waals surface area contributed by atoms with Gasteiger partial charge in [-0.15, -0.1) is 0 Å². The van der Waals surface area contributed by atoms with Crippen LogP contribution in [0.5, 0.6) is 5.75 Å². The van der Waals surface area contributed by atoms with E-state index in [0.29, 0.717) is 22.7 Å². The fourth-order valence-corrected chi connectivity index (χ4v) is 3.20. The normalized spacial score (nSPS) is 10.6. The van der Waals surface area contributed by atoms with Crippen LogP contribution in [-0.4, -0.2) is 30.5 Å². The zero-order valence-electron chi connectivity index (χ0n) is 19.2. The van der Waals surface area contributed by atoms with Gasteiger partial charge in [-0.3, -0.25) is 14.4 Å². The highest BCUT2D eigenvalue weighted by Gasteiger charge is 2.12. The molecule has 0 aliphatic rings. The van der Waals surface area contributed by atoms with E-state index in [1.165, 1.54) is 6.21 Å². The van der Waals surface area contributed by atoms with Gasteiger partial charge in [-0.1, -0.05) is 30.3 Å². The van der Waals surface area contributed by atoms with Crippen molar-refractivity contribution in [3.8, 4) is 5.75 Å². The van der Waals surface area contributed by atoms with Gasteiger partial charge >= 0.3 is 11.8 Å². The first kappa shape index (κ1) is 24.2. The van der Waals surface area contributed by atoms with Crippen LogP contribution >= 0.6 is 0 Å². The molecular formula is C26H26N4O4. The number of aryl methyl sites for hydroxylation is 3. The first-order chi connectivity index (χ1) is 16.3. The molecule has 0 aromatic heterocycles. The van der Waals surface area contributed by atoms with Crippen LogP contribution in [0.3, 0.4) is 0 Å². The number of rotatable bonds is 7. The van der Waals surface area contributed by atoms with Crippen molar-refractivity contribution in [2.75, 3.05) is 17.2 Å². The third-order valence-electron chi connectivity index (χ3n) is 4.60. The van der Waals surface area contributed by atoms with Crippen molar-refractivity contribution in [2.24, 2.45) is 5.10 Å². The number of benzene rings is 3. The van der Waals surface area contributed by atoms with Gasteiger partial charge in [-0.05, 0) is 79.4 Å². The standard InChI is InChI=1S/C26H26N4O4/c1-17-6-4-8-21(11-17)29-25(32)26(33)30-27-15-20-7-5-9-23(14-20)34-16-24(31)28-22-12-18(2)10-19(3)13-22/h4-15H,16H2,1-3H3,(H,28,31)(H,29,32)(H,30,33)/b27-15-. The van der Waals surface area contributed by atoms with E-state index in [-0.39, 0.29) is 12.5 Å². The average molecular weight is 459 g/mol. The average Bonchev–Trinajstić information content (AvgIpc) is 2.77. The van der Waals surface area contributed by atoms with E-state index in [1.807, 2.05) is 45.0 Å². The van der Waals surface area contributed by atoms with Crippen LogP contribution in [0.1, 0.15) is 22.3 Å². The topological polar surface area (TPSA) is 109 Å². The zero-order chi connectivity index (χ0) is 24.5. The Hall–Kier alpha value is -4.46. The predicted molar refractivity (Wildman–Crippen MR) is 132 cm³/mol. The minimum atomic E-state index is -0.895. The molecule has 8 heteroatoms. The van der Waals surface area contributed by atoms with Gasteiger partial charge in [0.15, 0.2) is 6.61 Å².